The Kier molecular flexibility index (Phi) is 4.21. The van der Waals surface area contributed by atoms with Crippen LogP contribution in [-0.4, -0.2) is 35.0 Å². The molecular weight excluding hydrogens is 270 g/mol. The zero-order valence-corrected chi connectivity index (χ0v) is 12.6. The molecule has 0 aromatic heterocycles. The Balaban J connectivity index is 2.53. The molecule has 0 bridgehead atoms. The van der Waals surface area contributed by atoms with E-state index in [-0.39, 0.29) is 11.9 Å². The second-order valence-electron chi connectivity index (χ2n) is 5.37. The number of ether oxygens (including phenoxy) is 1. The van der Waals surface area contributed by atoms with E-state index in [0.717, 1.165) is 12.8 Å². The number of hydrogen-bond donors (Lipinski definition) is 1. The molecular formula is C16H21NO4. The highest BCUT2D eigenvalue weighted by molar-refractivity contribution is 5.88. The van der Waals surface area contributed by atoms with Crippen LogP contribution in [0.2, 0.25) is 0 Å². The Morgan fingerprint density at radius 2 is 1.90 bits per heavy atom. The summed E-state index contributed by atoms with van der Waals surface area (Å²) in [7, 11) is 1.56. The number of aliphatic carboxylic acids is 1. The molecule has 2 rings (SSSR count). The van der Waals surface area contributed by atoms with Gasteiger partial charge in [0.05, 0.1) is 7.11 Å². The molecule has 21 heavy (non-hydrogen) atoms. The maximum Gasteiger partial charge on any atom is 0.334 e. The number of nitrogens with zero attached hydrogens (tertiary/aromatic N) is 1. The van der Waals surface area contributed by atoms with Crippen LogP contribution < -0.4 is 4.74 Å². The van der Waals surface area contributed by atoms with Gasteiger partial charge in [-0.1, -0.05) is 19.1 Å². The van der Waals surface area contributed by atoms with Crippen LogP contribution in [0.4, 0.5) is 0 Å². The summed E-state index contributed by atoms with van der Waals surface area (Å²) < 4.78 is 5.12. The molecule has 1 amide bonds. The maximum atomic E-state index is 12.1. The Morgan fingerprint density at radius 1 is 1.33 bits per heavy atom. The number of amides is 1. The van der Waals surface area contributed by atoms with E-state index in [1.807, 2.05) is 0 Å². The van der Waals surface area contributed by atoms with Gasteiger partial charge in [0.25, 0.3) is 0 Å². The third-order valence-corrected chi connectivity index (χ3v) is 4.10. The molecule has 1 aromatic rings. The van der Waals surface area contributed by atoms with E-state index in [0.29, 0.717) is 17.7 Å². The third kappa shape index (κ3) is 2.60. The standard InChI is InChI=1S/C16H21NO4/c1-4-16(15(19)20,17(11(2)18)13-7-8-13)12-5-9-14(21-3)10-6-12/h5-6,9-10,13H,4,7-8H2,1-3H3,(H,19,20). The van der Waals surface area contributed by atoms with Crippen LogP contribution in [0.5, 0.6) is 5.75 Å². The van der Waals surface area contributed by atoms with Crippen LogP contribution in [-0.2, 0) is 15.1 Å². The molecule has 0 spiro atoms. The Morgan fingerprint density at radius 3 is 2.24 bits per heavy atom. The molecule has 0 radical (unpaired) electrons. The highest BCUT2D eigenvalue weighted by Crippen LogP contribution is 2.41. The quantitative estimate of drug-likeness (QED) is 0.874. The number of carboxylic acid groups (broad SMARTS) is 1. The van der Waals surface area contributed by atoms with Gasteiger partial charge in [0.1, 0.15) is 5.75 Å². The van der Waals surface area contributed by atoms with Gasteiger partial charge in [-0.2, -0.15) is 0 Å². The number of carbonyl (C=O) groups is 2. The fraction of sp³-hybridized carbons (Fsp3) is 0.500. The first-order valence-corrected chi connectivity index (χ1v) is 7.15. The van der Waals surface area contributed by atoms with Crippen molar-refractivity contribution in [1.29, 1.82) is 0 Å². The Bertz CT molecular complexity index is 536. The van der Waals surface area contributed by atoms with Gasteiger partial charge in [-0.3, -0.25) is 4.79 Å². The molecule has 0 aliphatic heterocycles. The van der Waals surface area contributed by atoms with Crippen molar-refractivity contribution in [3.05, 3.63) is 29.8 Å². The predicted molar refractivity (Wildman–Crippen MR) is 78.1 cm³/mol. The van der Waals surface area contributed by atoms with Crippen molar-refractivity contribution in [1.82, 2.24) is 4.90 Å². The molecule has 1 fully saturated rings. The lowest BCUT2D eigenvalue weighted by Gasteiger charge is -2.40. The first-order valence-electron chi connectivity index (χ1n) is 7.15. The van der Waals surface area contributed by atoms with E-state index < -0.39 is 11.5 Å². The van der Waals surface area contributed by atoms with Gasteiger partial charge in [0.2, 0.25) is 5.91 Å². The van der Waals surface area contributed by atoms with Gasteiger partial charge in [-0.25, -0.2) is 4.79 Å². The lowest BCUT2D eigenvalue weighted by molar-refractivity contribution is -0.161. The maximum absolute atomic E-state index is 12.1. The second-order valence-corrected chi connectivity index (χ2v) is 5.37. The summed E-state index contributed by atoms with van der Waals surface area (Å²) in [5, 5.41) is 9.87. The lowest BCUT2D eigenvalue weighted by atomic mass is 9.84. The average Bonchev–Trinajstić information content (AvgIpc) is 3.28. The van der Waals surface area contributed by atoms with Crippen LogP contribution in [0.1, 0.15) is 38.7 Å². The molecule has 5 nitrogen and oxygen atoms in total. The van der Waals surface area contributed by atoms with E-state index in [2.05, 4.69) is 0 Å². The SMILES string of the molecule is CCC(C(=O)O)(c1ccc(OC)cc1)N(C(C)=O)C1CC1. The number of carboxylic acids is 1. The Hall–Kier alpha value is -2.04. The summed E-state index contributed by atoms with van der Waals surface area (Å²) in [5.74, 6) is -0.523. The van der Waals surface area contributed by atoms with Crippen molar-refractivity contribution < 1.29 is 19.4 Å². The molecule has 1 atom stereocenters. The Labute approximate surface area is 124 Å². The first kappa shape index (κ1) is 15.4. The molecule has 1 aromatic carbocycles. The minimum absolute atomic E-state index is 0.0284. The van der Waals surface area contributed by atoms with Crippen LogP contribution in [0.3, 0.4) is 0 Å². The zero-order valence-electron chi connectivity index (χ0n) is 12.6. The molecule has 1 unspecified atom stereocenters. The minimum Gasteiger partial charge on any atom is -0.497 e. The fourth-order valence-electron chi connectivity index (χ4n) is 2.93. The van der Waals surface area contributed by atoms with Crippen molar-refractivity contribution in [2.45, 2.75) is 44.7 Å². The average molecular weight is 291 g/mol. The van der Waals surface area contributed by atoms with Gasteiger partial charge in [0.15, 0.2) is 5.54 Å². The molecule has 1 aliphatic rings. The first-order chi connectivity index (χ1) is 9.97. The van der Waals surface area contributed by atoms with Crippen molar-refractivity contribution in [3.63, 3.8) is 0 Å². The van der Waals surface area contributed by atoms with Crippen LogP contribution in [0, 0.1) is 0 Å². The predicted octanol–water partition coefficient (Wildman–Crippen LogP) is 2.40. The number of carbonyl (C=O) groups excluding carboxylic acids is 1. The highest BCUT2D eigenvalue weighted by Gasteiger charge is 2.51. The molecule has 114 valence electrons. The van der Waals surface area contributed by atoms with Crippen molar-refractivity contribution in [3.8, 4) is 5.75 Å². The number of hydrogen-bond acceptors (Lipinski definition) is 3. The monoisotopic (exact) mass is 291 g/mol. The summed E-state index contributed by atoms with van der Waals surface area (Å²) in [6.45, 7) is 3.24. The third-order valence-electron chi connectivity index (χ3n) is 4.10. The second kappa shape index (κ2) is 5.76. The van der Waals surface area contributed by atoms with Crippen molar-refractivity contribution in [2.24, 2.45) is 0 Å². The molecule has 1 N–H and O–H groups in total. The number of benzene rings is 1. The molecule has 5 heteroatoms. The van der Waals surface area contributed by atoms with E-state index in [1.54, 1.807) is 38.3 Å². The number of methoxy groups -OCH3 is 1. The van der Waals surface area contributed by atoms with Crippen molar-refractivity contribution >= 4 is 11.9 Å². The lowest BCUT2D eigenvalue weighted by Crippen LogP contribution is -2.54. The van der Waals surface area contributed by atoms with Gasteiger partial charge < -0.3 is 14.7 Å². The summed E-state index contributed by atoms with van der Waals surface area (Å²) >= 11 is 0. The van der Waals surface area contributed by atoms with E-state index in [1.165, 1.54) is 11.8 Å². The zero-order chi connectivity index (χ0) is 15.6. The summed E-state index contributed by atoms with van der Waals surface area (Å²) in [6.07, 6.45) is 2.06. The number of rotatable bonds is 6. The minimum atomic E-state index is -1.31. The largest absolute Gasteiger partial charge is 0.497 e. The van der Waals surface area contributed by atoms with Crippen molar-refractivity contribution in [2.75, 3.05) is 7.11 Å². The topological polar surface area (TPSA) is 66.8 Å². The van der Waals surface area contributed by atoms with E-state index in [4.69, 9.17) is 4.74 Å². The molecule has 1 aliphatic carbocycles. The van der Waals surface area contributed by atoms with Gasteiger partial charge in [0, 0.05) is 13.0 Å². The van der Waals surface area contributed by atoms with Crippen LogP contribution in [0.25, 0.3) is 0 Å². The summed E-state index contributed by atoms with van der Waals surface area (Å²) in [6, 6.07) is 6.95. The van der Waals surface area contributed by atoms with Gasteiger partial charge in [-0.05, 0) is 37.0 Å². The summed E-state index contributed by atoms with van der Waals surface area (Å²) in [5.41, 5.74) is -0.695. The van der Waals surface area contributed by atoms with E-state index >= 15 is 0 Å². The summed E-state index contributed by atoms with van der Waals surface area (Å²) in [4.78, 5) is 25.7. The van der Waals surface area contributed by atoms with Gasteiger partial charge in [-0.15, -0.1) is 0 Å². The molecule has 1 saturated carbocycles. The van der Waals surface area contributed by atoms with E-state index in [9.17, 15) is 14.7 Å². The fourth-order valence-corrected chi connectivity index (χ4v) is 2.93. The van der Waals surface area contributed by atoms with Crippen LogP contribution in [0.15, 0.2) is 24.3 Å². The molecule has 0 saturated heterocycles. The van der Waals surface area contributed by atoms with Gasteiger partial charge >= 0.3 is 5.97 Å². The molecule has 0 heterocycles. The highest BCUT2D eigenvalue weighted by atomic mass is 16.5. The van der Waals surface area contributed by atoms with Crippen LogP contribution >= 0.6 is 0 Å². The normalized spacial score (nSPS) is 16.9. The smallest absolute Gasteiger partial charge is 0.334 e.